The van der Waals surface area contributed by atoms with Crippen molar-refractivity contribution in [1.82, 2.24) is 20.6 Å². The van der Waals surface area contributed by atoms with E-state index >= 15 is 0 Å². The average molecular weight is 396 g/mol. The van der Waals surface area contributed by atoms with E-state index in [-0.39, 0.29) is 17.4 Å². The van der Waals surface area contributed by atoms with Crippen molar-refractivity contribution >= 4 is 22.8 Å². The van der Waals surface area contributed by atoms with Gasteiger partial charge in [0.2, 0.25) is 5.91 Å². The molecule has 1 unspecified atom stereocenters. The first-order valence-corrected chi connectivity index (χ1v) is 9.72. The Morgan fingerprint density at radius 2 is 1.83 bits per heavy atom. The van der Waals surface area contributed by atoms with E-state index in [0.29, 0.717) is 19.4 Å². The number of hydrogen-bond acceptors (Lipinski definition) is 3. The molecule has 1 atom stereocenters. The number of aromatic amines is 1. The summed E-state index contributed by atoms with van der Waals surface area (Å²) < 4.78 is 13.8. The van der Waals surface area contributed by atoms with Crippen LogP contribution in [-0.4, -0.2) is 34.4 Å². The fourth-order valence-electron chi connectivity index (χ4n) is 3.10. The number of carbonyl (C=O) groups excluding carboxylic acids is 2. The number of imidazole rings is 1. The molecule has 152 valence electrons. The second-order valence-corrected chi connectivity index (χ2v) is 7.27. The lowest BCUT2D eigenvalue weighted by Crippen LogP contribution is -2.50. The van der Waals surface area contributed by atoms with Crippen molar-refractivity contribution in [3.63, 3.8) is 0 Å². The largest absolute Gasteiger partial charge is 0.354 e. The predicted molar refractivity (Wildman–Crippen MR) is 110 cm³/mol. The SMILES string of the molecule is CC(C)C(NC(=O)c1ccccc1F)C(=O)NCCCc1nc2ccccc2[nH]1. The van der Waals surface area contributed by atoms with E-state index in [0.717, 1.165) is 16.9 Å². The minimum atomic E-state index is -0.742. The Labute approximate surface area is 168 Å². The lowest BCUT2D eigenvalue weighted by Gasteiger charge is -2.22. The number of H-pyrrole nitrogens is 1. The Kier molecular flexibility index (Phi) is 6.59. The number of para-hydroxylation sites is 2. The fraction of sp³-hybridized carbons (Fsp3) is 0.318. The first-order chi connectivity index (χ1) is 14.0. The van der Waals surface area contributed by atoms with Crippen LogP contribution in [0.1, 0.15) is 36.5 Å². The number of nitrogens with zero attached hydrogens (tertiary/aromatic N) is 1. The average Bonchev–Trinajstić information content (AvgIpc) is 3.12. The number of halogens is 1. The number of nitrogens with one attached hydrogen (secondary N) is 3. The van der Waals surface area contributed by atoms with E-state index in [1.54, 1.807) is 6.07 Å². The standard InChI is InChI=1S/C22H25FN4O2/c1-14(2)20(27-21(28)15-8-3-4-9-16(15)23)22(29)24-13-7-12-19-25-17-10-5-6-11-18(17)26-19/h3-6,8-11,14,20H,7,12-13H2,1-2H3,(H,24,29)(H,25,26)(H,27,28). The van der Waals surface area contributed by atoms with Gasteiger partial charge < -0.3 is 15.6 Å². The zero-order valence-corrected chi connectivity index (χ0v) is 16.5. The van der Waals surface area contributed by atoms with Gasteiger partial charge in [-0.05, 0) is 36.6 Å². The summed E-state index contributed by atoms with van der Waals surface area (Å²) in [6.45, 7) is 4.12. The molecule has 0 bridgehead atoms. The Hall–Kier alpha value is -3.22. The number of aromatic nitrogens is 2. The van der Waals surface area contributed by atoms with E-state index < -0.39 is 17.8 Å². The second-order valence-electron chi connectivity index (χ2n) is 7.27. The molecule has 3 N–H and O–H groups in total. The predicted octanol–water partition coefficient (Wildman–Crippen LogP) is 3.21. The van der Waals surface area contributed by atoms with Crippen LogP contribution >= 0.6 is 0 Å². The maximum absolute atomic E-state index is 13.8. The minimum absolute atomic E-state index is 0.0733. The van der Waals surface area contributed by atoms with Crippen LogP contribution in [0, 0.1) is 11.7 Å². The number of hydrogen-bond donors (Lipinski definition) is 3. The summed E-state index contributed by atoms with van der Waals surface area (Å²) in [4.78, 5) is 32.7. The van der Waals surface area contributed by atoms with Crippen molar-refractivity contribution in [2.45, 2.75) is 32.7 Å². The number of carbonyl (C=O) groups is 2. The van der Waals surface area contributed by atoms with Crippen molar-refractivity contribution < 1.29 is 14.0 Å². The molecule has 0 aliphatic rings. The molecule has 0 fully saturated rings. The molecule has 1 aromatic heterocycles. The molecule has 6 nitrogen and oxygen atoms in total. The van der Waals surface area contributed by atoms with Gasteiger partial charge in [0.1, 0.15) is 17.7 Å². The maximum Gasteiger partial charge on any atom is 0.254 e. The first-order valence-electron chi connectivity index (χ1n) is 9.72. The van der Waals surface area contributed by atoms with Crippen LogP contribution in [0.5, 0.6) is 0 Å². The number of benzene rings is 2. The van der Waals surface area contributed by atoms with E-state index in [1.165, 1.54) is 18.2 Å². The number of fused-ring (bicyclic) bond motifs is 1. The topological polar surface area (TPSA) is 86.9 Å². The minimum Gasteiger partial charge on any atom is -0.354 e. The van der Waals surface area contributed by atoms with Crippen LogP contribution in [0.2, 0.25) is 0 Å². The molecule has 0 saturated heterocycles. The Bertz CT molecular complexity index is 966. The maximum atomic E-state index is 13.8. The van der Waals surface area contributed by atoms with Gasteiger partial charge in [-0.25, -0.2) is 9.37 Å². The van der Waals surface area contributed by atoms with E-state index in [2.05, 4.69) is 20.6 Å². The summed E-state index contributed by atoms with van der Waals surface area (Å²) in [7, 11) is 0. The summed E-state index contributed by atoms with van der Waals surface area (Å²) in [5, 5.41) is 5.49. The van der Waals surface area contributed by atoms with Crippen LogP contribution in [0.25, 0.3) is 11.0 Å². The highest BCUT2D eigenvalue weighted by Gasteiger charge is 2.25. The molecule has 29 heavy (non-hydrogen) atoms. The van der Waals surface area contributed by atoms with Gasteiger partial charge in [-0.3, -0.25) is 9.59 Å². The third-order valence-corrected chi connectivity index (χ3v) is 4.68. The molecule has 0 radical (unpaired) electrons. The Morgan fingerprint density at radius 3 is 2.55 bits per heavy atom. The summed E-state index contributed by atoms with van der Waals surface area (Å²) >= 11 is 0. The molecular weight excluding hydrogens is 371 g/mol. The highest BCUT2D eigenvalue weighted by atomic mass is 19.1. The van der Waals surface area contributed by atoms with Crippen molar-refractivity contribution in [3.05, 3.63) is 65.7 Å². The molecule has 0 spiro atoms. The van der Waals surface area contributed by atoms with Crippen LogP contribution in [0.15, 0.2) is 48.5 Å². The second kappa shape index (κ2) is 9.32. The van der Waals surface area contributed by atoms with E-state index in [9.17, 15) is 14.0 Å². The molecule has 3 rings (SSSR count). The Morgan fingerprint density at radius 1 is 1.10 bits per heavy atom. The van der Waals surface area contributed by atoms with Gasteiger partial charge in [-0.15, -0.1) is 0 Å². The van der Waals surface area contributed by atoms with Gasteiger partial charge in [0.25, 0.3) is 5.91 Å². The zero-order valence-electron chi connectivity index (χ0n) is 16.5. The smallest absolute Gasteiger partial charge is 0.254 e. The summed E-state index contributed by atoms with van der Waals surface area (Å²) in [5.41, 5.74) is 1.83. The fourth-order valence-corrected chi connectivity index (χ4v) is 3.10. The lowest BCUT2D eigenvalue weighted by molar-refractivity contribution is -0.123. The van der Waals surface area contributed by atoms with Gasteiger partial charge >= 0.3 is 0 Å². The molecule has 2 aromatic carbocycles. The van der Waals surface area contributed by atoms with Gasteiger partial charge in [-0.2, -0.15) is 0 Å². The molecule has 7 heteroatoms. The number of rotatable bonds is 8. The molecule has 0 aliphatic carbocycles. The highest BCUT2D eigenvalue weighted by Crippen LogP contribution is 2.11. The third kappa shape index (κ3) is 5.19. The summed E-state index contributed by atoms with van der Waals surface area (Å²) in [6, 6.07) is 12.8. The van der Waals surface area contributed by atoms with Gasteiger partial charge in [0.05, 0.1) is 16.6 Å². The van der Waals surface area contributed by atoms with Crippen LogP contribution < -0.4 is 10.6 Å². The van der Waals surface area contributed by atoms with Crippen molar-refractivity contribution in [3.8, 4) is 0 Å². The number of aryl methyl sites for hydroxylation is 1. The normalized spacial score (nSPS) is 12.1. The molecule has 0 saturated carbocycles. The molecule has 3 aromatic rings. The highest BCUT2D eigenvalue weighted by molar-refractivity contribution is 5.97. The van der Waals surface area contributed by atoms with E-state index in [1.807, 2.05) is 38.1 Å². The summed E-state index contributed by atoms with van der Waals surface area (Å²) in [6.07, 6.45) is 1.40. The van der Waals surface area contributed by atoms with Crippen molar-refractivity contribution in [1.29, 1.82) is 0 Å². The lowest BCUT2D eigenvalue weighted by atomic mass is 10.0. The van der Waals surface area contributed by atoms with Crippen molar-refractivity contribution in [2.75, 3.05) is 6.54 Å². The summed E-state index contributed by atoms with van der Waals surface area (Å²) in [5.74, 6) is -0.762. The van der Waals surface area contributed by atoms with Crippen LogP contribution in [0.3, 0.4) is 0 Å². The van der Waals surface area contributed by atoms with Crippen LogP contribution in [0.4, 0.5) is 4.39 Å². The molecule has 0 aliphatic heterocycles. The van der Waals surface area contributed by atoms with Crippen LogP contribution in [-0.2, 0) is 11.2 Å². The monoisotopic (exact) mass is 396 g/mol. The number of amides is 2. The Balaban J connectivity index is 1.51. The molecule has 2 amide bonds. The van der Waals surface area contributed by atoms with Gasteiger partial charge in [0.15, 0.2) is 0 Å². The quantitative estimate of drug-likeness (QED) is 0.511. The van der Waals surface area contributed by atoms with Crippen molar-refractivity contribution in [2.24, 2.45) is 5.92 Å². The molecule has 1 heterocycles. The molecular formula is C22H25FN4O2. The van der Waals surface area contributed by atoms with E-state index in [4.69, 9.17) is 0 Å². The third-order valence-electron chi connectivity index (χ3n) is 4.68. The van der Waals surface area contributed by atoms with Gasteiger partial charge in [-0.1, -0.05) is 38.1 Å². The zero-order chi connectivity index (χ0) is 20.8. The first kappa shape index (κ1) is 20.5. The van der Waals surface area contributed by atoms with Gasteiger partial charge in [0, 0.05) is 13.0 Å².